The van der Waals surface area contributed by atoms with Crippen molar-refractivity contribution in [2.45, 2.75) is 0 Å². The van der Waals surface area contributed by atoms with E-state index in [0.717, 1.165) is 10.6 Å². The van der Waals surface area contributed by atoms with Crippen molar-refractivity contribution < 1.29 is 14.3 Å². The molecule has 146 valence electrons. The molecule has 4 rings (SSSR count). The maximum atomic E-state index is 12.9. The van der Waals surface area contributed by atoms with Crippen LogP contribution in [0.25, 0.3) is 16.3 Å². The summed E-state index contributed by atoms with van der Waals surface area (Å²) in [5.74, 6) is -1.07. The van der Waals surface area contributed by atoms with Crippen molar-refractivity contribution in [3.63, 3.8) is 0 Å². The summed E-state index contributed by atoms with van der Waals surface area (Å²) in [4.78, 5) is 30.2. The summed E-state index contributed by atoms with van der Waals surface area (Å²) in [7, 11) is 1.26. The molecule has 3 aromatic heterocycles. The number of benzene rings is 1. The summed E-state index contributed by atoms with van der Waals surface area (Å²) in [6.45, 7) is 0. The minimum absolute atomic E-state index is 0.0366. The van der Waals surface area contributed by atoms with Gasteiger partial charge < -0.3 is 4.74 Å². The monoisotopic (exact) mass is 444 g/mol. The number of hydrogen-bond acceptors (Lipinski definition) is 7. The van der Waals surface area contributed by atoms with Crippen LogP contribution in [0.15, 0.2) is 53.9 Å². The van der Waals surface area contributed by atoms with Gasteiger partial charge in [-0.1, -0.05) is 29.8 Å². The first kappa shape index (κ1) is 19.3. The molecule has 4 aromatic rings. The lowest BCUT2D eigenvalue weighted by Gasteiger charge is -2.06. The van der Waals surface area contributed by atoms with Crippen LogP contribution in [0.2, 0.25) is 4.34 Å². The predicted molar refractivity (Wildman–Crippen MR) is 113 cm³/mol. The molecule has 0 bridgehead atoms. The Kier molecular flexibility index (Phi) is 5.43. The van der Waals surface area contributed by atoms with Crippen molar-refractivity contribution in [3.8, 4) is 16.3 Å². The first-order chi connectivity index (χ1) is 14.0. The average Bonchev–Trinajstić information content (AvgIpc) is 3.47. The van der Waals surface area contributed by atoms with E-state index in [4.69, 9.17) is 16.3 Å². The lowest BCUT2D eigenvalue weighted by atomic mass is 10.3. The Balaban J connectivity index is 1.64. The van der Waals surface area contributed by atoms with Crippen molar-refractivity contribution in [1.82, 2.24) is 14.8 Å². The molecule has 1 N–H and O–H groups in total. The number of anilines is 1. The molecule has 0 saturated carbocycles. The van der Waals surface area contributed by atoms with E-state index in [2.05, 4.69) is 15.4 Å². The highest BCUT2D eigenvalue weighted by Gasteiger charge is 2.21. The molecule has 0 fully saturated rings. The zero-order chi connectivity index (χ0) is 20.4. The minimum Gasteiger partial charge on any atom is -0.464 e. The number of ether oxygens (including phenoxy) is 1. The van der Waals surface area contributed by atoms with Crippen LogP contribution in [0, 0.1) is 0 Å². The topological polar surface area (TPSA) is 86.1 Å². The number of rotatable bonds is 5. The van der Waals surface area contributed by atoms with E-state index >= 15 is 0 Å². The molecule has 29 heavy (non-hydrogen) atoms. The molecule has 0 aliphatic heterocycles. The molecule has 0 spiro atoms. The van der Waals surface area contributed by atoms with Gasteiger partial charge in [-0.05, 0) is 24.3 Å². The normalized spacial score (nSPS) is 10.7. The Hall–Kier alpha value is -3.01. The highest BCUT2D eigenvalue weighted by Crippen LogP contribution is 2.33. The van der Waals surface area contributed by atoms with Crippen LogP contribution in [0.4, 0.5) is 5.13 Å². The number of thiophene rings is 1. The molecule has 1 aromatic carbocycles. The van der Waals surface area contributed by atoms with Crippen LogP contribution in [0.1, 0.15) is 21.0 Å². The number of methoxy groups -OCH3 is 1. The standard InChI is InChI=1S/C19H13ClN4O3S2/c1-27-18(26)12-9-14(24(23-12)11-5-3-2-4-6-11)17(25)22-19-21-13(10-28-19)15-7-8-16(20)29-15/h2-10H,1H3,(H,21,22,25). The Morgan fingerprint density at radius 2 is 1.97 bits per heavy atom. The fourth-order valence-corrected chi connectivity index (χ4v) is 4.35. The number of hydrogen-bond donors (Lipinski definition) is 1. The van der Waals surface area contributed by atoms with Gasteiger partial charge in [0.25, 0.3) is 5.91 Å². The first-order valence-corrected chi connectivity index (χ1v) is 10.4. The van der Waals surface area contributed by atoms with Crippen molar-refractivity contribution in [3.05, 3.63) is 69.6 Å². The minimum atomic E-state index is -0.625. The third kappa shape index (κ3) is 4.07. The number of thiazole rings is 1. The summed E-state index contributed by atoms with van der Waals surface area (Å²) in [5, 5.41) is 9.25. The second-order valence-electron chi connectivity index (χ2n) is 5.75. The molecular weight excluding hydrogens is 432 g/mol. The van der Waals surface area contributed by atoms with Gasteiger partial charge >= 0.3 is 5.97 Å². The fourth-order valence-electron chi connectivity index (χ4n) is 2.57. The Labute approximate surface area is 178 Å². The van der Waals surface area contributed by atoms with E-state index in [0.29, 0.717) is 15.2 Å². The third-order valence-corrected chi connectivity index (χ3v) is 5.90. The molecule has 0 atom stereocenters. The zero-order valence-corrected chi connectivity index (χ0v) is 17.3. The smallest absolute Gasteiger partial charge is 0.358 e. The second kappa shape index (κ2) is 8.16. The van der Waals surface area contributed by atoms with Gasteiger partial charge in [-0.3, -0.25) is 10.1 Å². The molecule has 0 unspecified atom stereocenters. The van der Waals surface area contributed by atoms with Crippen molar-refractivity contribution in [2.75, 3.05) is 12.4 Å². The van der Waals surface area contributed by atoms with E-state index in [1.165, 1.54) is 40.5 Å². The molecule has 0 aliphatic rings. The van der Waals surface area contributed by atoms with Crippen LogP contribution < -0.4 is 5.32 Å². The number of aromatic nitrogens is 3. The summed E-state index contributed by atoms with van der Waals surface area (Å²) in [5.41, 5.74) is 1.59. The van der Waals surface area contributed by atoms with Gasteiger partial charge in [0.2, 0.25) is 0 Å². The quantitative estimate of drug-likeness (QED) is 0.449. The number of amides is 1. The lowest BCUT2D eigenvalue weighted by Crippen LogP contribution is -2.16. The Morgan fingerprint density at radius 3 is 2.66 bits per heavy atom. The number of carbonyl (C=O) groups excluding carboxylic acids is 2. The first-order valence-electron chi connectivity index (χ1n) is 8.31. The number of nitrogens with zero attached hydrogens (tertiary/aromatic N) is 3. The van der Waals surface area contributed by atoms with Crippen molar-refractivity contribution in [2.24, 2.45) is 0 Å². The highest BCUT2D eigenvalue weighted by molar-refractivity contribution is 7.20. The Morgan fingerprint density at radius 1 is 1.17 bits per heavy atom. The summed E-state index contributed by atoms with van der Waals surface area (Å²) in [6.07, 6.45) is 0. The molecule has 1 amide bonds. The van der Waals surface area contributed by atoms with Gasteiger partial charge in [0.15, 0.2) is 10.8 Å². The average molecular weight is 445 g/mol. The molecule has 3 heterocycles. The van der Waals surface area contributed by atoms with E-state index in [1.807, 2.05) is 29.6 Å². The molecule has 7 nitrogen and oxygen atoms in total. The summed E-state index contributed by atoms with van der Waals surface area (Å²) in [6, 6.07) is 14.1. The van der Waals surface area contributed by atoms with Gasteiger partial charge in [0.1, 0.15) is 5.69 Å². The van der Waals surface area contributed by atoms with E-state index in [9.17, 15) is 9.59 Å². The predicted octanol–water partition coefficient (Wildman–Crippen LogP) is 4.75. The second-order valence-corrected chi connectivity index (χ2v) is 8.32. The fraction of sp³-hybridized carbons (Fsp3) is 0.0526. The van der Waals surface area contributed by atoms with Gasteiger partial charge in [-0.15, -0.1) is 22.7 Å². The van der Waals surface area contributed by atoms with Gasteiger partial charge in [-0.25, -0.2) is 14.5 Å². The van der Waals surface area contributed by atoms with E-state index in [1.54, 1.807) is 18.2 Å². The lowest BCUT2D eigenvalue weighted by molar-refractivity contribution is 0.0593. The third-order valence-electron chi connectivity index (χ3n) is 3.89. The zero-order valence-electron chi connectivity index (χ0n) is 15.0. The largest absolute Gasteiger partial charge is 0.464 e. The van der Waals surface area contributed by atoms with Crippen LogP contribution in [0.5, 0.6) is 0 Å². The summed E-state index contributed by atoms with van der Waals surface area (Å²) < 4.78 is 6.79. The van der Waals surface area contributed by atoms with Crippen LogP contribution in [-0.2, 0) is 4.74 Å². The van der Waals surface area contributed by atoms with Gasteiger partial charge in [-0.2, -0.15) is 5.10 Å². The van der Waals surface area contributed by atoms with Crippen molar-refractivity contribution in [1.29, 1.82) is 0 Å². The SMILES string of the molecule is COC(=O)c1cc(C(=O)Nc2nc(-c3ccc(Cl)s3)cs2)n(-c2ccccc2)n1. The van der Waals surface area contributed by atoms with Gasteiger partial charge in [0.05, 0.1) is 27.7 Å². The number of para-hydroxylation sites is 1. The van der Waals surface area contributed by atoms with Crippen LogP contribution in [0.3, 0.4) is 0 Å². The summed E-state index contributed by atoms with van der Waals surface area (Å²) >= 11 is 8.68. The van der Waals surface area contributed by atoms with E-state index in [-0.39, 0.29) is 11.4 Å². The molecule has 0 aliphatic carbocycles. The number of halogens is 1. The van der Waals surface area contributed by atoms with Gasteiger partial charge in [0, 0.05) is 11.4 Å². The molecule has 10 heteroatoms. The maximum Gasteiger partial charge on any atom is 0.358 e. The number of carbonyl (C=O) groups is 2. The number of esters is 1. The highest BCUT2D eigenvalue weighted by atomic mass is 35.5. The van der Waals surface area contributed by atoms with Crippen molar-refractivity contribution >= 4 is 51.3 Å². The van der Waals surface area contributed by atoms with Crippen LogP contribution >= 0.6 is 34.3 Å². The van der Waals surface area contributed by atoms with Crippen LogP contribution in [-0.4, -0.2) is 33.8 Å². The molecule has 0 saturated heterocycles. The maximum absolute atomic E-state index is 12.9. The molecule has 0 radical (unpaired) electrons. The van der Waals surface area contributed by atoms with E-state index < -0.39 is 11.9 Å². The Bertz CT molecular complexity index is 1180. The molecular formula is C19H13ClN4O3S2. The number of nitrogens with one attached hydrogen (secondary N) is 1.